The van der Waals surface area contributed by atoms with Crippen LogP contribution in [0.25, 0.3) is 0 Å². The summed E-state index contributed by atoms with van der Waals surface area (Å²) < 4.78 is 0. The van der Waals surface area contributed by atoms with Crippen LogP contribution in [0.1, 0.15) is 21.5 Å². The van der Waals surface area contributed by atoms with E-state index in [-0.39, 0.29) is 22.9 Å². The molecule has 0 atom stereocenters. The second-order valence-corrected chi connectivity index (χ2v) is 4.86. The number of benzene rings is 2. The van der Waals surface area contributed by atoms with Crippen LogP contribution in [0.5, 0.6) is 5.75 Å². The average molecular weight is 329 g/mol. The van der Waals surface area contributed by atoms with E-state index in [2.05, 4.69) is 22.4 Å². The monoisotopic (exact) mass is 328 g/mol. The summed E-state index contributed by atoms with van der Waals surface area (Å²) in [5.74, 6) is 4.80. The van der Waals surface area contributed by atoms with Crippen LogP contribution < -0.4 is 5.43 Å². The lowest BCUT2D eigenvalue weighted by molar-refractivity contribution is 0.0955. The molecule has 1 amide bonds. The van der Waals surface area contributed by atoms with Crippen LogP contribution in [0.4, 0.5) is 0 Å². The second-order valence-electron chi connectivity index (χ2n) is 4.45. The van der Waals surface area contributed by atoms with Crippen molar-refractivity contribution in [3.63, 3.8) is 0 Å². The summed E-state index contributed by atoms with van der Waals surface area (Å²) in [5.41, 5.74) is 4.14. The fourth-order valence-electron chi connectivity index (χ4n) is 1.72. The first-order chi connectivity index (χ1) is 11.1. The molecule has 23 heavy (non-hydrogen) atoms. The Balaban J connectivity index is 2.03. The van der Waals surface area contributed by atoms with Gasteiger partial charge in [0.05, 0.1) is 11.2 Å². The molecule has 0 fully saturated rings. The smallest absolute Gasteiger partial charge is 0.271 e. The number of rotatable bonds is 3. The predicted octanol–water partition coefficient (Wildman–Crippen LogP) is 2.15. The fraction of sp³-hybridized carbons (Fsp3) is 0.0588. The summed E-state index contributed by atoms with van der Waals surface area (Å²) in [5, 5.41) is 21.9. The molecule has 6 heteroatoms. The normalized spacial score (nSPS) is 10.2. The number of phenolic OH excluding ortho intramolecular Hbond substituents is 1. The standard InChI is InChI=1S/C17H13ClN2O3/c18-15-10-14(6-7-16(15)22)17(23)20-19-11-13-4-1-3-12(9-13)5-2-8-21/h1,3-4,6-7,9-11,21-22H,8H2,(H,20,23)/b19-11+. The maximum Gasteiger partial charge on any atom is 0.271 e. The number of nitrogens with one attached hydrogen (secondary N) is 1. The summed E-state index contributed by atoms with van der Waals surface area (Å²) in [6, 6.07) is 11.3. The Morgan fingerprint density at radius 3 is 2.87 bits per heavy atom. The minimum absolute atomic E-state index is 0.0903. The Morgan fingerprint density at radius 1 is 1.30 bits per heavy atom. The molecule has 2 aromatic rings. The maximum atomic E-state index is 11.9. The van der Waals surface area contributed by atoms with Crippen molar-refractivity contribution in [3.8, 4) is 17.6 Å². The number of aromatic hydroxyl groups is 1. The van der Waals surface area contributed by atoms with E-state index in [4.69, 9.17) is 16.7 Å². The molecule has 116 valence electrons. The summed E-state index contributed by atoms with van der Waals surface area (Å²) in [6.45, 7) is -0.205. The molecule has 0 saturated carbocycles. The van der Waals surface area contributed by atoms with Gasteiger partial charge in [0.2, 0.25) is 0 Å². The van der Waals surface area contributed by atoms with Gasteiger partial charge in [0.15, 0.2) is 0 Å². The molecule has 0 aromatic heterocycles. The second kappa shape index (κ2) is 7.99. The maximum absolute atomic E-state index is 11.9. The highest BCUT2D eigenvalue weighted by molar-refractivity contribution is 6.32. The van der Waals surface area contributed by atoms with Crippen molar-refractivity contribution in [1.29, 1.82) is 0 Å². The molecule has 0 heterocycles. The number of hydrazone groups is 1. The first-order valence-electron chi connectivity index (χ1n) is 6.62. The van der Waals surface area contributed by atoms with E-state index < -0.39 is 5.91 Å². The Morgan fingerprint density at radius 2 is 2.13 bits per heavy atom. The molecule has 0 saturated heterocycles. The first kappa shape index (κ1) is 16.6. The lowest BCUT2D eigenvalue weighted by Gasteiger charge is -2.02. The molecule has 3 N–H and O–H groups in total. The van der Waals surface area contributed by atoms with Crippen molar-refractivity contribution in [2.24, 2.45) is 5.10 Å². The van der Waals surface area contributed by atoms with Gasteiger partial charge in [0.25, 0.3) is 5.91 Å². The number of hydrogen-bond acceptors (Lipinski definition) is 4. The molecule has 0 aliphatic rings. The summed E-state index contributed by atoms with van der Waals surface area (Å²) in [4.78, 5) is 11.9. The number of aliphatic hydroxyl groups excluding tert-OH is 1. The highest BCUT2D eigenvalue weighted by Crippen LogP contribution is 2.23. The number of carbonyl (C=O) groups is 1. The summed E-state index contributed by atoms with van der Waals surface area (Å²) in [7, 11) is 0. The van der Waals surface area contributed by atoms with Gasteiger partial charge in [-0.1, -0.05) is 35.6 Å². The van der Waals surface area contributed by atoms with Crippen LogP contribution in [0.3, 0.4) is 0 Å². The van der Waals surface area contributed by atoms with Crippen LogP contribution in [-0.4, -0.2) is 28.9 Å². The molecular weight excluding hydrogens is 316 g/mol. The number of amides is 1. The van der Waals surface area contributed by atoms with E-state index in [0.717, 1.165) is 11.1 Å². The van der Waals surface area contributed by atoms with Gasteiger partial charge >= 0.3 is 0 Å². The highest BCUT2D eigenvalue weighted by atomic mass is 35.5. The fourth-order valence-corrected chi connectivity index (χ4v) is 1.90. The number of hydrogen-bond donors (Lipinski definition) is 3. The molecule has 0 spiro atoms. The van der Waals surface area contributed by atoms with E-state index in [1.54, 1.807) is 24.3 Å². The molecule has 0 bridgehead atoms. The van der Waals surface area contributed by atoms with Crippen molar-refractivity contribution < 1.29 is 15.0 Å². The highest BCUT2D eigenvalue weighted by Gasteiger charge is 2.07. The minimum Gasteiger partial charge on any atom is -0.506 e. The van der Waals surface area contributed by atoms with Gasteiger partial charge in [-0.25, -0.2) is 5.43 Å². The largest absolute Gasteiger partial charge is 0.506 e. The third-order valence-corrected chi connectivity index (χ3v) is 3.09. The van der Waals surface area contributed by atoms with Crippen molar-refractivity contribution >= 4 is 23.7 Å². The van der Waals surface area contributed by atoms with Gasteiger partial charge in [-0.15, -0.1) is 0 Å². The Labute approximate surface area is 138 Å². The first-order valence-corrected chi connectivity index (χ1v) is 6.99. The van der Waals surface area contributed by atoms with E-state index in [1.165, 1.54) is 24.4 Å². The molecule has 0 radical (unpaired) electrons. The number of aliphatic hydroxyl groups is 1. The SMILES string of the molecule is O=C(N/N=C/c1cccc(C#CCO)c1)c1ccc(O)c(Cl)c1. The molecule has 5 nitrogen and oxygen atoms in total. The zero-order chi connectivity index (χ0) is 16.7. The minimum atomic E-state index is -0.445. The van der Waals surface area contributed by atoms with Crippen molar-refractivity contribution in [2.75, 3.05) is 6.61 Å². The zero-order valence-corrected chi connectivity index (χ0v) is 12.7. The quantitative estimate of drug-likeness (QED) is 0.459. The van der Waals surface area contributed by atoms with Crippen LogP contribution in [-0.2, 0) is 0 Å². The van der Waals surface area contributed by atoms with Crippen molar-refractivity contribution in [3.05, 3.63) is 64.2 Å². The van der Waals surface area contributed by atoms with Gasteiger partial charge in [0.1, 0.15) is 12.4 Å². The average Bonchev–Trinajstić information content (AvgIpc) is 2.55. The van der Waals surface area contributed by atoms with Crippen molar-refractivity contribution in [2.45, 2.75) is 0 Å². The number of nitrogens with zero attached hydrogens (tertiary/aromatic N) is 1. The Hall–Kier alpha value is -2.81. The van der Waals surface area contributed by atoms with Crippen LogP contribution in [0.2, 0.25) is 5.02 Å². The number of halogens is 1. The molecule has 2 rings (SSSR count). The van der Waals surface area contributed by atoms with Crippen LogP contribution in [0, 0.1) is 11.8 Å². The Bertz CT molecular complexity index is 807. The molecule has 0 unspecified atom stereocenters. The zero-order valence-electron chi connectivity index (χ0n) is 12.0. The predicted molar refractivity (Wildman–Crippen MR) is 88.6 cm³/mol. The van der Waals surface area contributed by atoms with Gasteiger partial charge in [-0.05, 0) is 35.9 Å². The van der Waals surface area contributed by atoms with E-state index in [1.807, 2.05) is 0 Å². The van der Waals surface area contributed by atoms with Gasteiger partial charge in [-0.2, -0.15) is 5.10 Å². The van der Waals surface area contributed by atoms with Crippen LogP contribution in [0.15, 0.2) is 47.6 Å². The number of phenols is 1. The third-order valence-electron chi connectivity index (χ3n) is 2.79. The van der Waals surface area contributed by atoms with E-state index in [0.29, 0.717) is 0 Å². The van der Waals surface area contributed by atoms with E-state index >= 15 is 0 Å². The molecule has 0 aliphatic carbocycles. The lowest BCUT2D eigenvalue weighted by atomic mass is 10.1. The van der Waals surface area contributed by atoms with Gasteiger partial charge in [0, 0.05) is 11.1 Å². The third kappa shape index (κ3) is 4.85. The summed E-state index contributed by atoms with van der Waals surface area (Å²) in [6.07, 6.45) is 1.48. The lowest BCUT2D eigenvalue weighted by Crippen LogP contribution is -2.17. The van der Waals surface area contributed by atoms with E-state index in [9.17, 15) is 9.90 Å². The topological polar surface area (TPSA) is 81.9 Å². The molecular formula is C17H13ClN2O3. The molecule has 0 aliphatic heterocycles. The number of carbonyl (C=O) groups excluding carboxylic acids is 1. The Kier molecular flexibility index (Phi) is 5.75. The molecule has 2 aromatic carbocycles. The van der Waals surface area contributed by atoms with Gasteiger partial charge in [-0.3, -0.25) is 4.79 Å². The van der Waals surface area contributed by atoms with Crippen molar-refractivity contribution in [1.82, 2.24) is 5.43 Å². The van der Waals surface area contributed by atoms with Gasteiger partial charge < -0.3 is 10.2 Å². The summed E-state index contributed by atoms with van der Waals surface area (Å²) >= 11 is 5.75. The van der Waals surface area contributed by atoms with Crippen LogP contribution >= 0.6 is 11.6 Å².